The number of carboxylic acids is 1. The van der Waals surface area contributed by atoms with Gasteiger partial charge in [-0.1, -0.05) is 18.2 Å². The highest BCUT2D eigenvalue weighted by Gasteiger charge is 2.25. The van der Waals surface area contributed by atoms with Gasteiger partial charge in [0.05, 0.1) is 12.5 Å². The quantitative estimate of drug-likeness (QED) is 0.871. The Balaban J connectivity index is 3.03. The van der Waals surface area contributed by atoms with E-state index >= 15 is 0 Å². The van der Waals surface area contributed by atoms with Crippen LogP contribution in [0, 0.1) is 11.3 Å². The number of amides is 2. The molecule has 0 aliphatic rings. The molecule has 0 aromatic heterocycles. The summed E-state index contributed by atoms with van der Waals surface area (Å²) in [7, 11) is 0. The Morgan fingerprint density at radius 3 is 2.38 bits per heavy atom. The molecule has 0 unspecified atom stereocenters. The van der Waals surface area contributed by atoms with Gasteiger partial charge in [-0.3, -0.25) is 9.69 Å². The molecular formula is C15H19N3O3. The first-order valence-corrected chi connectivity index (χ1v) is 6.69. The van der Waals surface area contributed by atoms with E-state index in [0.29, 0.717) is 5.69 Å². The van der Waals surface area contributed by atoms with Gasteiger partial charge in [-0.2, -0.15) is 5.26 Å². The zero-order valence-corrected chi connectivity index (χ0v) is 12.2. The number of nitrogens with zero attached hydrogens (tertiary/aromatic N) is 3. The van der Waals surface area contributed by atoms with Crippen LogP contribution in [0.3, 0.4) is 0 Å². The van der Waals surface area contributed by atoms with Gasteiger partial charge in [-0.05, 0) is 26.0 Å². The highest BCUT2D eigenvalue weighted by Crippen LogP contribution is 2.17. The second-order valence-electron chi connectivity index (χ2n) is 4.79. The molecule has 112 valence electrons. The molecule has 1 rings (SSSR count). The largest absolute Gasteiger partial charge is 0.480 e. The van der Waals surface area contributed by atoms with Crippen LogP contribution in [0.5, 0.6) is 0 Å². The van der Waals surface area contributed by atoms with Crippen LogP contribution in [0.25, 0.3) is 0 Å². The van der Waals surface area contributed by atoms with Crippen LogP contribution in [0.4, 0.5) is 10.5 Å². The molecular weight excluding hydrogens is 270 g/mol. The molecule has 0 aliphatic carbocycles. The number of nitriles is 1. The summed E-state index contributed by atoms with van der Waals surface area (Å²) in [5.41, 5.74) is 0.647. The molecule has 0 fully saturated rings. The van der Waals surface area contributed by atoms with Crippen molar-refractivity contribution in [2.45, 2.75) is 26.3 Å². The predicted octanol–water partition coefficient (Wildman–Crippen LogP) is 2.32. The monoisotopic (exact) mass is 289 g/mol. The van der Waals surface area contributed by atoms with E-state index in [1.165, 1.54) is 9.80 Å². The molecule has 0 saturated carbocycles. The van der Waals surface area contributed by atoms with Crippen LogP contribution in [-0.4, -0.2) is 41.1 Å². The summed E-state index contributed by atoms with van der Waals surface area (Å²) in [6.07, 6.45) is 0.180. The van der Waals surface area contributed by atoms with Crippen LogP contribution in [0.2, 0.25) is 0 Å². The van der Waals surface area contributed by atoms with Crippen LogP contribution < -0.4 is 4.90 Å². The molecule has 0 radical (unpaired) electrons. The van der Waals surface area contributed by atoms with Crippen LogP contribution in [0.1, 0.15) is 20.3 Å². The number of benzene rings is 1. The van der Waals surface area contributed by atoms with Gasteiger partial charge in [-0.25, -0.2) is 4.79 Å². The number of carboxylic acid groups (broad SMARTS) is 1. The predicted molar refractivity (Wildman–Crippen MR) is 78.9 cm³/mol. The third kappa shape index (κ3) is 4.80. The van der Waals surface area contributed by atoms with E-state index in [9.17, 15) is 9.59 Å². The molecule has 1 aromatic rings. The molecule has 0 aliphatic heterocycles. The maximum Gasteiger partial charge on any atom is 0.325 e. The lowest BCUT2D eigenvalue weighted by Crippen LogP contribution is -2.49. The molecule has 0 spiro atoms. The SMILES string of the molecule is CC(C)N(CC(=O)O)C(=O)N(CCC#N)c1ccccc1. The fourth-order valence-corrected chi connectivity index (χ4v) is 1.88. The third-order valence-corrected chi connectivity index (χ3v) is 2.92. The maximum absolute atomic E-state index is 12.6. The van der Waals surface area contributed by atoms with Gasteiger partial charge in [0.15, 0.2) is 0 Å². The van der Waals surface area contributed by atoms with Crippen LogP contribution >= 0.6 is 0 Å². The van der Waals surface area contributed by atoms with Crippen molar-refractivity contribution >= 4 is 17.7 Å². The average Bonchev–Trinajstić information content (AvgIpc) is 2.45. The number of anilines is 1. The number of aliphatic carboxylic acids is 1. The van der Waals surface area contributed by atoms with Gasteiger partial charge in [0.1, 0.15) is 6.54 Å². The lowest BCUT2D eigenvalue weighted by Gasteiger charge is -2.32. The molecule has 0 atom stereocenters. The number of para-hydroxylation sites is 1. The first-order valence-electron chi connectivity index (χ1n) is 6.69. The van der Waals surface area contributed by atoms with E-state index in [4.69, 9.17) is 10.4 Å². The molecule has 2 amide bonds. The van der Waals surface area contributed by atoms with E-state index in [0.717, 1.165) is 0 Å². The van der Waals surface area contributed by atoms with Gasteiger partial charge in [0.2, 0.25) is 0 Å². The Hall–Kier alpha value is -2.55. The van der Waals surface area contributed by atoms with E-state index in [1.807, 2.05) is 12.1 Å². The zero-order valence-electron chi connectivity index (χ0n) is 12.2. The van der Waals surface area contributed by atoms with Crippen molar-refractivity contribution in [2.75, 3.05) is 18.0 Å². The summed E-state index contributed by atoms with van der Waals surface area (Å²) < 4.78 is 0. The van der Waals surface area contributed by atoms with E-state index in [1.54, 1.807) is 38.1 Å². The van der Waals surface area contributed by atoms with Crippen molar-refractivity contribution in [1.82, 2.24) is 4.90 Å². The van der Waals surface area contributed by atoms with Gasteiger partial charge in [0.25, 0.3) is 0 Å². The Bertz CT molecular complexity index is 523. The minimum atomic E-state index is -1.06. The molecule has 1 aromatic carbocycles. The van der Waals surface area contributed by atoms with Crippen LogP contribution in [-0.2, 0) is 4.79 Å². The molecule has 6 heteroatoms. The highest BCUT2D eigenvalue weighted by atomic mass is 16.4. The van der Waals surface area contributed by atoms with Crippen molar-refractivity contribution in [3.05, 3.63) is 30.3 Å². The number of hydrogen-bond acceptors (Lipinski definition) is 3. The molecule has 1 N–H and O–H groups in total. The summed E-state index contributed by atoms with van der Waals surface area (Å²) in [5.74, 6) is -1.06. The molecule has 6 nitrogen and oxygen atoms in total. The van der Waals surface area contributed by atoms with E-state index in [-0.39, 0.29) is 25.6 Å². The summed E-state index contributed by atoms with van der Waals surface area (Å²) in [4.78, 5) is 26.2. The lowest BCUT2D eigenvalue weighted by molar-refractivity contribution is -0.137. The third-order valence-electron chi connectivity index (χ3n) is 2.92. The Labute approximate surface area is 124 Å². The molecule has 21 heavy (non-hydrogen) atoms. The first kappa shape index (κ1) is 16.5. The second kappa shape index (κ2) is 7.90. The minimum absolute atomic E-state index is 0.180. The maximum atomic E-state index is 12.6. The Morgan fingerprint density at radius 2 is 1.90 bits per heavy atom. The lowest BCUT2D eigenvalue weighted by atomic mass is 10.2. The normalized spacial score (nSPS) is 10.0. The topological polar surface area (TPSA) is 84.6 Å². The van der Waals surface area contributed by atoms with Crippen molar-refractivity contribution in [3.63, 3.8) is 0 Å². The highest BCUT2D eigenvalue weighted by molar-refractivity contribution is 5.93. The fraction of sp³-hybridized carbons (Fsp3) is 0.400. The number of carbonyl (C=O) groups excluding carboxylic acids is 1. The van der Waals surface area contributed by atoms with Crippen molar-refractivity contribution in [2.24, 2.45) is 0 Å². The zero-order chi connectivity index (χ0) is 15.8. The number of carbonyl (C=O) groups is 2. The van der Waals surface area contributed by atoms with Crippen molar-refractivity contribution < 1.29 is 14.7 Å². The smallest absolute Gasteiger partial charge is 0.325 e. The summed E-state index contributed by atoms with van der Waals surface area (Å²) in [5, 5.41) is 17.7. The summed E-state index contributed by atoms with van der Waals surface area (Å²) in [6, 6.07) is 10.3. The fourth-order valence-electron chi connectivity index (χ4n) is 1.88. The molecule has 0 heterocycles. The number of hydrogen-bond donors (Lipinski definition) is 1. The van der Waals surface area contributed by atoms with Gasteiger partial charge < -0.3 is 10.0 Å². The average molecular weight is 289 g/mol. The minimum Gasteiger partial charge on any atom is -0.480 e. The van der Waals surface area contributed by atoms with Gasteiger partial charge >= 0.3 is 12.0 Å². The van der Waals surface area contributed by atoms with E-state index in [2.05, 4.69) is 0 Å². The second-order valence-corrected chi connectivity index (χ2v) is 4.79. The molecule has 0 bridgehead atoms. The summed E-state index contributed by atoms with van der Waals surface area (Å²) in [6.45, 7) is 3.37. The summed E-state index contributed by atoms with van der Waals surface area (Å²) >= 11 is 0. The number of rotatable bonds is 6. The van der Waals surface area contributed by atoms with E-state index < -0.39 is 12.0 Å². The van der Waals surface area contributed by atoms with Crippen molar-refractivity contribution in [3.8, 4) is 6.07 Å². The Morgan fingerprint density at radius 1 is 1.29 bits per heavy atom. The van der Waals surface area contributed by atoms with Crippen molar-refractivity contribution in [1.29, 1.82) is 5.26 Å². The standard InChI is InChI=1S/C15H19N3O3/c1-12(2)18(11-14(19)20)15(21)17(10-6-9-16)13-7-4-3-5-8-13/h3-5,7-8,12H,6,10-11H2,1-2H3,(H,19,20). The van der Waals surface area contributed by atoms with Crippen LogP contribution in [0.15, 0.2) is 30.3 Å². The number of urea groups is 1. The van der Waals surface area contributed by atoms with Gasteiger partial charge in [-0.15, -0.1) is 0 Å². The first-order chi connectivity index (χ1) is 9.97. The van der Waals surface area contributed by atoms with Gasteiger partial charge in [0, 0.05) is 18.3 Å². The Kier molecular flexibility index (Phi) is 6.21. The molecule has 0 saturated heterocycles.